The lowest BCUT2D eigenvalue weighted by molar-refractivity contribution is 0.0949. The van der Waals surface area contributed by atoms with Gasteiger partial charge in [-0.2, -0.15) is 0 Å². The average molecular weight is 260 g/mol. The molecule has 3 N–H and O–H groups in total. The molecule has 19 heavy (non-hydrogen) atoms. The second kappa shape index (κ2) is 5.51. The van der Waals surface area contributed by atoms with E-state index in [0.29, 0.717) is 24.0 Å². The summed E-state index contributed by atoms with van der Waals surface area (Å²) in [5.41, 5.74) is 6.06. The van der Waals surface area contributed by atoms with Gasteiger partial charge in [-0.05, 0) is 18.1 Å². The molecular weight excluding hydrogens is 244 g/mol. The van der Waals surface area contributed by atoms with Gasteiger partial charge in [-0.3, -0.25) is 4.79 Å². The largest absolute Gasteiger partial charge is 0.461 e. The van der Waals surface area contributed by atoms with E-state index >= 15 is 0 Å². The molecule has 0 saturated heterocycles. The number of nitrogens with two attached hydrogens (primary N) is 1. The third-order valence-corrected chi connectivity index (χ3v) is 2.48. The number of carbonyl (C=O) groups excluding carboxylic acids is 1. The molecule has 0 radical (unpaired) electrons. The minimum atomic E-state index is -0.266. The van der Waals surface area contributed by atoms with E-state index in [1.165, 1.54) is 12.5 Å². The van der Waals surface area contributed by atoms with Gasteiger partial charge in [0.25, 0.3) is 5.91 Å². The summed E-state index contributed by atoms with van der Waals surface area (Å²) in [6, 6.07) is 3.46. The van der Waals surface area contributed by atoms with Gasteiger partial charge < -0.3 is 15.5 Å². The van der Waals surface area contributed by atoms with E-state index in [2.05, 4.69) is 15.3 Å². The molecule has 0 unspecified atom stereocenters. The number of nitrogens with zero attached hydrogens (tertiary/aromatic N) is 2. The van der Waals surface area contributed by atoms with Gasteiger partial charge in [-0.15, -0.1) is 0 Å². The summed E-state index contributed by atoms with van der Waals surface area (Å²) in [6.45, 7) is 4.61. The van der Waals surface area contributed by atoms with E-state index in [9.17, 15) is 4.79 Å². The standard InChI is InChI=1S/C13H16N4O2/c1-8(2)6-16-13(18)9-7-15-12(17-11(9)14)10-4-3-5-19-10/h3-5,7-8H,6H2,1-2H3,(H,16,18)(H2,14,15,17). The van der Waals surface area contributed by atoms with Crippen LogP contribution in [0, 0.1) is 5.92 Å². The number of rotatable bonds is 4. The smallest absolute Gasteiger partial charge is 0.256 e. The third-order valence-electron chi connectivity index (χ3n) is 2.48. The fraction of sp³-hybridized carbons (Fsp3) is 0.308. The number of carbonyl (C=O) groups is 1. The summed E-state index contributed by atoms with van der Waals surface area (Å²) >= 11 is 0. The molecule has 2 rings (SSSR count). The zero-order chi connectivity index (χ0) is 13.8. The molecule has 0 aliphatic heterocycles. The van der Waals surface area contributed by atoms with Crippen LogP contribution in [0.3, 0.4) is 0 Å². The first-order valence-corrected chi connectivity index (χ1v) is 6.02. The van der Waals surface area contributed by atoms with Gasteiger partial charge in [-0.25, -0.2) is 9.97 Å². The van der Waals surface area contributed by atoms with Gasteiger partial charge in [0, 0.05) is 12.7 Å². The summed E-state index contributed by atoms with van der Waals surface area (Å²) in [5.74, 6) is 1.12. The molecule has 0 aliphatic carbocycles. The van der Waals surface area contributed by atoms with Gasteiger partial charge in [0.2, 0.25) is 0 Å². The Morgan fingerprint density at radius 1 is 1.53 bits per heavy atom. The van der Waals surface area contributed by atoms with Gasteiger partial charge in [0.1, 0.15) is 5.82 Å². The van der Waals surface area contributed by atoms with E-state index in [-0.39, 0.29) is 17.3 Å². The van der Waals surface area contributed by atoms with Crippen molar-refractivity contribution in [1.82, 2.24) is 15.3 Å². The van der Waals surface area contributed by atoms with E-state index < -0.39 is 0 Å². The molecule has 0 spiro atoms. The van der Waals surface area contributed by atoms with Crippen molar-refractivity contribution in [1.29, 1.82) is 0 Å². The molecule has 6 heteroatoms. The number of furan rings is 1. The SMILES string of the molecule is CC(C)CNC(=O)c1cnc(-c2ccco2)nc1N. The van der Waals surface area contributed by atoms with Crippen molar-refractivity contribution in [3.05, 3.63) is 30.2 Å². The lowest BCUT2D eigenvalue weighted by Crippen LogP contribution is -2.28. The van der Waals surface area contributed by atoms with Crippen LogP contribution in [-0.2, 0) is 0 Å². The van der Waals surface area contributed by atoms with Gasteiger partial charge >= 0.3 is 0 Å². The Bertz CT molecular complexity index is 564. The molecule has 0 bridgehead atoms. The molecule has 0 aliphatic rings. The van der Waals surface area contributed by atoms with Crippen LogP contribution in [0.1, 0.15) is 24.2 Å². The number of anilines is 1. The zero-order valence-corrected chi connectivity index (χ0v) is 10.9. The first-order valence-electron chi connectivity index (χ1n) is 6.02. The highest BCUT2D eigenvalue weighted by Crippen LogP contribution is 2.17. The monoisotopic (exact) mass is 260 g/mol. The van der Waals surface area contributed by atoms with Crippen LogP contribution >= 0.6 is 0 Å². The minimum Gasteiger partial charge on any atom is -0.461 e. The molecule has 1 amide bonds. The van der Waals surface area contributed by atoms with Crippen molar-refractivity contribution in [2.75, 3.05) is 12.3 Å². The maximum absolute atomic E-state index is 11.9. The van der Waals surface area contributed by atoms with Crippen molar-refractivity contribution < 1.29 is 9.21 Å². The molecule has 2 heterocycles. The Morgan fingerprint density at radius 3 is 2.89 bits per heavy atom. The second-order valence-electron chi connectivity index (χ2n) is 4.57. The van der Waals surface area contributed by atoms with E-state index in [0.717, 1.165) is 0 Å². The minimum absolute atomic E-state index is 0.141. The van der Waals surface area contributed by atoms with Crippen molar-refractivity contribution in [2.45, 2.75) is 13.8 Å². The maximum atomic E-state index is 11.9. The van der Waals surface area contributed by atoms with Crippen LogP contribution in [0.2, 0.25) is 0 Å². The highest BCUT2D eigenvalue weighted by molar-refractivity contribution is 5.98. The van der Waals surface area contributed by atoms with Crippen LogP contribution in [0.5, 0.6) is 0 Å². The third kappa shape index (κ3) is 3.09. The summed E-state index contributed by atoms with van der Waals surface area (Å²) in [5, 5.41) is 2.77. The van der Waals surface area contributed by atoms with E-state index in [4.69, 9.17) is 10.2 Å². The topological polar surface area (TPSA) is 94.0 Å². The molecule has 2 aromatic heterocycles. The lowest BCUT2D eigenvalue weighted by atomic mass is 10.2. The summed E-state index contributed by atoms with van der Waals surface area (Å²) in [7, 11) is 0. The highest BCUT2D eigenvalue weighted by Gasteiger charge is 2.14. The quantitative estimate of drug-likeness (QED) is 0.872. The van der Waals surface area contributed by atoms with Crippen molar-refractivity contribution in [3.8, 4) is 11.6 Å². The first-order chi connectivity index (χ1) is 9.08. The van der Waals surface area contributed by atoms with E-state index in [1.807, 2.05) is 13.8 Å². The number of hydrogen-bond acceptors (Lipinski definition) is 5. The van der Waals surface area contributed by atoms with Crippen LogP contribution in [0.4, 0.5) is 5.82 Å². The fourth-order valence-electron chi connectivity index (χ4n) is 1.49. The van der Waals surface area contributed by atoms with Crippen molar-refractivity contribution in [3.63, 3.8) is 0 Å². The van der Waals surface area contributed by atoms with Gasteiger partial charge in [0.05, 0.1) is 11.8 Å². The molecule has 0 aromatic carbocycles. The number of amides is 1. The van der Waals surface area contributed by atoms with Gasteiger partial charge in [0.15, 0.2) is 11.6 Å². The van der Waals surface area contributed by atoms with Gasteiger partial charge in [-0.1, -0.05) is 13.8 Å². The van der Waals surface area contributed by atoms with E-state index in [1.54, 1.807) is 12.1 Å². The predicted molar refractivity (Wildman–Crippen MR) is 71.3 cm³/mol. The molecule has 100 valence electrons. The Kier molecular flexibility index (Phi) is 3.79. The Labute approximate surface area is 111 Å². The summed E-state index contributed by atoms with van der Waals surface area (Å²) < 4.78 is 5.17. The second-order valence-corrected chi connectivity index (χ2v) is 4.57. The number of nitrogen functional groups attached to an aromatic ring is 1. The number of aromatic nitrogens is 2. The normalized spacial score (nSPS) is 10.7. The number of hydrogen-bond donors (Lipinski definition) is 2. The van der Waals surface area contributed by atoms with Crippen LogP contribution in [0.25, 0.3) is 11.6 Å². The molecule has 2 aromatic rings. The number of nitrogens with one attached hydrogen (secondary N) is 1. The molecule has 0 atom stereocenters. The summed E-state index contributed by atoms with van der Waals surface area (Å²) in [6.07, 6.45) is 2.94. The predicted octanol–water partition coefficient (Wildman–Crippen LogP) is 1.70. The Hall–Kier alpha value is -2.37. The Morgan fingerprint density at radius 2 is 2.32 bits per heavy atom. The maximum Gasteiger partial charge on any atom is 0.256 e. The molecule has 0 fully saturated rings. The fourth-order valence-corrected chi connectivity index (χ4v) is 1.49. The zero-order valence-electron chi connectivity index (χ0n) is 10.9. The molecule has 0 saturated carbocycles. The van der Waals surface area contributed by atoms with Crippen LogP contribution in [0.15, 0.2) is 29.0 Å². The lowest BCUT2D eigenvalue weighted by Gasteiger charge is -2.09. The molecular formula is C13H16N4O2. The summed E-state index contributed by atoms with van der Waals surface area (Å²) in [4.78, 5) is 20.0. The van der Waals surface area contributed by atoms with Crippen molar-refractivity contribution >= 4 is 11.7 Å². The van der Waals surface area contributed by atoms with Crippen LogP contribution in [-0.4, -0.2) is 22.4 Å². The molecule has 6 nitrogen and oxygen atoms in total. The van der Waals surface area contributed by atoms with Crippen LogP contribution < -0.4 is 11.1 Å². The highest BCUT2D eigenvalue weighted by atomic mass is 16.3. The Balaban J connectivity index is 2.18. The van der Waals surface area contributed by atoms with Crippen molar-refractivity contribution in [2.24, 2.45) is 5.92 Å². The average Bonchev–Trinajstić information content (AvgIpc) is 2.89. The first kappa shape index (κ1) is 13.1.